The minimum absolute atomic E-state index is 0.370. The summed E-state index contributed by atoms with van der Waals surface area (Å²) in [6.45, 7) is 6.11. The number of carbonyl (C=O) groups excluding carboxylic acids is 2. The zero-order valence-electron chi connectivity index (χ0n) is 14.0. The minimum Gasteiger partial charge on any atom is -0.497 e. The molecule has 22 heavy (non-hydrogen) atoms. The Bertz CT molecular complexity index is 518. The molecule has 0 spiro atoms. The van der Waals surface area contributed by atoms with E-state index in [2.05, 4.69) is 0 Å². The normalized spacial score (nSPS) is 13.9. The van der Waals surface area contributed by atoms with Crippen LogP contribution in [0.5, 0.6) is 5.75 Å². The third-order valence-corrected chi connectivity index (χ3v) is 6.09. The second kappa shape index (κ2) is 7.44. The van der Waals surface area contributed by atoms with E-state index in [4.69, 9.17) is 14.2 Å². The Balaban J connectivity index is 3.35. The van der Waals surface area contributed by atoms with Crippen molar-refractivity contribution in [3.63, 3.8) is 0 Å². The largest absolute Gasteiger partial charge is 0.497 e. The van der Waals surface area contributed by atoms with E-state index in [-0.39, 0.29) is 5.97 Å². The molecule has 1 rings (SSSR count). The van der Waals surface area contributed by atoms with Gasteiger partial charge in [0, 0.05) is 0 Å². The maximum absolute atomic E-state index is 12.3. The lowest BCUT2D eigenvalue weighted by Gasteiger charge is -2.32. The fourth-order valence-electron chi connectivity index (χ4n) is 2.52. The highest BCUT2D eigenvalue weighted by molar-refractivity contribution is 6.80. The average Bonchev–Trinajstić information content (AvgIpc) is 2.50. The van der Waals surface area contributed by atoms with Crippen LogP contribution in [0.25, 0.3) is 0 Å². The lowest BCUT2D eigenvalue weighted by molar-refractivity contribution is -0.149. The van der Waals surface area contributed by atoms with E-state index < -0.39 is 25.5 Å². The molecule has 0 aromatic heterocycles. The highest BCUT2D eigenvalue weighted by atomic mass is 28.3. The SMILES string of the molecule is COC(=O)[C@H](c1ccc(OC)cc1)[C@H](C(=O)OC)[Si](C)(C)C. The van der Waals surface area contributed by atoms with Gasteiger partial charge in [-0.1, -0.05) is 31.8 Å². The summed E-state index contributed by atoms with van der Waals surface area (Å²) in [5.74, 6) is -0.779. The molecule has 0 amide bonds. The summed E-state index contributed by atoms with van der Waals surface area (Å²) in [5.41, 5.74) is 0.212. The van der Waals surface area contributed by atoms with Gasteiger partial charge in [-0.3, -0.25) is 9.59 Å². The van der Waals surface area contributed by atoms with Crippen LogP contribution >= 0.6 is 0 Å². The van der Waals surface area contributed by atoms with Gasteiger partial charge in [0.25, 0.3) is 0 Å². The number of hydrogen-bond acceptors (Lipinski definition) is 5. The van der Waals surface area contributed by atoms with Gasteiger partial charge in [0.1, 0.15) is 5.75 Å². The standard InChI is InChI=1S/C16H24O5Si/c1-19-12-9-7-11(8-10-12)13(15(17)20-2)14(16(18)21-3)22(4,5)6/h7-10,13-14H,1-6H3/t13-,14-/m1/s1. The summed E-state index contributed by atoms with van der Waals surface area (Å²) in [6.07, 6.45) is 0. The van der Waals surface area contributed by atoms with Crippen molar-refractivity contribution in [3.05, 3.63) is 29.8 Å². The maximum Gasteiger partial charge on any atom is 0.313 e. The molecule has 0 saturated carbocycles. The number of methoxy groups -OCH3 is 3. The second-order valence-electron chi connectivity index (χ2n) is 6.14. The van der Waals surface area contributed by atoms with E-state index in [0.717, 1.165) is 5.56 Å². The van der Waals surface area contributed by atoms with Crippen molar-refractivity contribution in [3.8, 4) is 5.75 Å². The number of rotatable bonds is 6. The predicted octanol–water partition coefficient (Wildman–Crippen LogP) is 2.83. The van der Waals surface area contributed by atoms with Crippen molar-refractivity contribution in [2.45, 2.75) is 31.1 Å². The fraction of sp³-hybridized carbons (Fsp3) is 0.500. The topological polar surface area (TPSA) is 61.8 Å². The Kier molecular flexibility index (Phi) is 6.17. The maximum atomic E-state index is 12.3. The fourth-order valence-corrected chi connectivity index (χ4v) is 4.67. The second-order valence-corrected chi connectivity index (χ2v) is 11.5. The van der Waals surface area contributed by atoms with E-state index >= 15 is 0 Å². The molecule has 0 unspecified atom stereocenters. The van der Waals surface area contributed by atoms with Crippen LogP contribution in [0.3, 0.4) is 0 Å². The van der Waals surface area contributed by atoms with Crippen molar-refractivity contribution in [2.75, 3.05) is 21.3 Å². The Morgan fingerprint density at radius 2 is 1.41 bits per heavy atom. The third-order valence-electron chi connectivity index (χ3n) is 3.65. The quantitative estimate of drug-likeness (QED) is 0.595. The summed E-state index contributed by atoms with van der Waals surface area (Å²) >= 11 is 0. The van der Waals surface area contributed by atoms with Crippen LogP contribution in [0, 0.1) is 0 Å². The van der Waals surface area contributed by atoms with E-state index in [1.807, 2.05) is 19.6 Å². The van der Waals surface area contributed by atoms with Crippen LogP contribution in [0.15, 0.2) is 24.3 Å². The van der Waals surface area contributed by atoms with Crippen molar-refractivity contribution < 1.29 is 23.8 Å². The lowest BCUT2D eigenvalue weighted by Crippen LogP contribution is -2.41. The van der Waals surface area contributed by atoms with Crippen LogP contribution in [0.2, 0.25) is 25.2 Å². The van der Waals surface area contributed by atoms with Crippen LogP contribution in [-0.2, 0) is 19.1 Å². The molecule has 5 nitrogen and oxygen atoms in total. The van der Waals surface area contributed by atoms with Gasteiger partial charge < -0.3 is 14.2 Å². The summed E-state index contributed by atoms with van der Waals surface area (Å²) < 4.78 is 15.0. The molecule has 0 N–H and O–H groups in total. The first-order chi connectivity index (χ1) is 10.3. The zero-order chi connectivity index (χ0) is 16.9. The highest BCUT2D eigenvalue weighted by Gasteiger charge is 2.45. The number of benzene rings is 1. The lowest BCUT2D eigenvalue weighted by atomic mass is 9.95. The molecular formula is C16H24O5Si. The smallest absolute Gasteiger partial charge is 0.313 e. The first-order valence-corrected chi connectivity index (χ1v) is 10.6. The molecule has 0 fully saturated rings. The van der Waals surface area contributed by atoms with Crippen molar-refractivity contribution in [2.24, 2.45) is 0 Å². The van der Waals surface area contributed by atoms with Crippen LogP contribution < -0.4 is 4.74 Å². The van der Waals surface area contributed by atoms with Crippen LogP contribution in [0.4, 0.5) is 0 Å². The van der Waals surface area contributed by atoms with Gasteiger partial charge >= 0.3 is 11.9 Å². The van der Waals surface area contributed by atoms with E-state index in [1.165, 1.54) is 14.2 Å². The average molecular weight is 324 g/mol. The van der Waals surface area contributed by atoms with E-state index in [1.54, 1.807) is 31.4 Å². The molecule has 1 aromatic rings. The van der Waals surface area contributed by atoms with Crippen molar-refractivity contribution in [1.82, 2.24) is 0 Å². The van der Waals surface area contributed by atoms with Crippen molar-refractivity contribution in [1.29, 1.82) is 0 Å². The molecule has 0 saturated heterocycles. The molecule has 6 heteroatoms. The van der Waals surface area contributed by atoms with Crippen LogP contribution in [-0.4, -0.2) is 41.3 Å². The Hall–Kier alpha value is -1.82. The summed E-state index contributed by atoms with van der Waals surface area (Å²) in [5, 5.41) is 0. The number of carbonyl (C=O) groups is 2. The zero-order valence-corrected chi connectivity index (χ0v) is 15.0. The Morgan fingerprint density at radius 3 is 1.77 bits per heavy atom. The predicted molar refractivity (Wildman–Crippen MR) is 86.9 cm³/mol. The van der Waals surface area contributed by atoms with Gasteiger partial charge in [-0.25, -0.2) is 0 Å². The van der Waals surface area contributed by atoms with Gasteiger partial charge in [-0.15, -0.1) is 0 Å². The molecule has 0 radical (unpaired) electrons. The molecular weight excluding hydrogens is 300 g/mol. The van der Waals surface area contributed by atoms with Crippen molar-refractivity contribution >= 4 is 20.0 Å². The minimum atomic E-state index is -2.02. The number of esters is 2. The molecule has 2 atom stereocenters. The van der Waals surface area contributed by atoms with E-state index in [9.17, 15) is 9.59 Å². The van der Waals surface area contributed by atoms with Gasteiger partial charge in [-0.2, -0.15) is 0 Å². The first kappa shape index (κ1) is 18.2. The van der Waals surface area contributed by atoms with Crippen LogP contribution in [0.1, 0.15) is 11.5 Å². The molecule has 0 bridgehead atoms. The van der Waals surface area contributed by atoms with Gasteiger partial charge in [-0.05, 0) is 17.7 Å². The Labute approximate surface area is 132 Å². The number of ether oxygens (including phenoxy) is 3. The van der Waals surface area contributed by atoms with Gasteiger partial charge in [0.2, 0.25) is 0 Å². The Morgan fingerprint density at radius 1 is 0.909 bits per heavy atom. The molecule has 0 heterocycles. The molecule has 122 valence electrons. The monoisotopic (exact) mass is 324 g/mol. The first-order valence-electron chi connectivity index (χ1n) is 7.05. The third kappa shape index (κ3) is 4.10. The number of hydrogen-bond donors (Lipinski definition) is 0. The summed E-state index contributed by atoms with van der Waals surface area (Å²) in [6, 6.07) is 7.11. The molecule has 0 aliphatic heterocycles. The highest BCUT2D eigenvalue weighted by Crippen LogP contribution is 2.39. The molecule has 1 aromatic carbocycles. The summed E-state index contributed by atoms with van der Waals surface area (Å²) in [7, 11) is 2.23. The van der Waals surface area contributed by atoms with Gasteiger partial charge in [0.05, 0.1) is 40.9 Å². The van der Waals surface area contributed by atoms with Gasteiger partial charge in [0.15, 0.2) is 0 Å². The molecule has 0 aliphatic carbocycles. The summed E-state index contributed by atoms with van der Waals surface area (Å²) in [4.78, 5) is 24.6. The van der Waals surface area contributed by atoms with E-state index in [0.29, 0.717) is 5.75 Å². The molecule has 0 aliphatic rings.